The highest BCUT2D eigenvalue weighted by Crippen LogP contribution is 2.17. The lowest BCUT2D eigenvalue weighted by Crippen LogP contribution is -2.07. The van der Waals surface area contributed by atoms with Gasteiger partial charge in [-0.15, -0.1) is 0 Å². The Morgan fingerprint density at radius 2 is 2.31 bits per heavy atom. The van der Waals surface area contributed by atoms with Crippen LogP contribution in [0.15, 0.2) is 0 Å². The fraction of sp³-hybridized carbons (Fsp3) is 0.500. The van der Waals surface area contributed by atoms with Gasteiger partial charge in [-0.05, 0) is 6.42 Å². The van der Waals surface area contributed by atoms with Crippen LogP contribution in [0, 0.1) is 0 Å². The first kappa shape index (κ1) is 9.57. The van der Waals surface area contributed by atoms with Crippen LogP contribution in [0.5, 0.6) is 0 Å². The Bertz CT molecular complexity index is 330. The van der Waals surface area contributed by atoms with Crippen molar-refractivity contribution in [2.24, 2.45) is 7.05 Å². The van der Waals surface area contributed by atoms with Crippen molar-refractivity contribution in [3.05, 3.63) is 11.4 Å². The molecule has 5 heteroatoms. The highest BCUT2D eigenvalue weighted by Gasteiger charge is 2.17. The smallest absolute Gasteiger partial charge is 0.356 e. The number of rotatable bonds is 3. The van der Waals surface area contributed by atoms with E-state index in [0.717, 1.165) is 6.42 Å². The first-order chi connectivity index (χ1) is 6.07. The molecule has 0 saturated heterocycles. The molecule has 0 spiro atoms. The molecule has 0 aliphatic rings. The van der Waals surface area contributed by atoms with Gasteiger partial charge in [0.15, 0.2) is 5.69 Å². The summed E-state index contributed by atoms with van der Waals surface area (Å²) in [5.41, 5.74) is 6.66. The number of hydrogen-bond donors (Lipinski definition) is 2. The van der Waals surface area contributed by atoms with Crippen molar-refractivity contribution >= 4 is 11.7 Å². The molecule has 0 unspecified atom stereocenters. The molecule has 72 valence electrons. The number of aryl methyl sites for hydroxylation is 2. The molecule has 0 amide bonds. The molecule has 1 aromatic heterocycles. The van der Waals surface area contributed by atoms with Crippen molar-refractivity contribution in [3.8, 4) is 0 Å². The van der Waals surface area contributed by atoms with Crippen molar-refractivity contribution in [1.82, 2.24) is 9.78 Å². The van der Waals surface area contributed by atoms with Gasteiger partial charge in [-0.25, -0.2) is 4.79 Å². The van der Waals surface area contributed by atoms with E-state index in [1.807, 2.05) is 6.92 Å². The molecular weight excluding hydrogens is 170 g/mol. The molecule has 1 rings (SSSR count). The molecule has 13 heavy (non-hydrogen) atoms. The standard InChI is InChI=1S/C8H13N3O2/c1-3-4-5-6(9)7(8(12)13)11(2)10-5/h3-4,9H2,1-2H3,(H,12,13). The Morgan fingerprint density at radius 3 is 2.69 bits per heavy atom. The zero-order valence-corrected chi connectivity index (χ0v) is 7.74. The summed E-state index contributed by atoms with van der Waals surface area (Å²) in [7, 11) is 1.58. The minimum Gasteiger partial charge on any atom is -0.476 e. The van der Waals surface area contributed by atoms with Crippen molar-refractivity contribution in [3.63, 3.8) is 0 Å². The SMILES string of the molecule is CCCc1nn(C)c(C(=O)O)c1N. The zero-order chi connectivity index (χ0) is 10.0. The van der Waals surface area contributed by atoms with Crippen molar-refractivity contribution in [1.29, 1.82) is 0 Å². The lowest BCUT2D eigenvalue weighted by atomic mass is 10.2. The van der Waals surface area contributed by atoms with Crippen molar-refractivity contribution in [2.75, 3.05) is 5.73 Å². The Morgan fingerprint density at radius 1 is 1.69 bits per heavy atom. The van der Waals surface area contributed by atoms with Crippen molar-refractivity contribution in [2.45, 2.75) is 19.8 Å². The number of carboxylic acids is 1. The Hall–Kier alpha value is -1.52. The molecule has 1 aromatic rings. The highest BCUT2D eigenvalue weighted by atomic mass is 16.4. The minimum atomic E-state index is -1.03. The van der Waals surface area contributed by atoms with Gasteiger partial charge in [0.25, 0.3) is 0 Å². The second-order valence-corrected chi connectivity index (χ2v) is 2.89. The number of aromatic carboxylic acids is 1. The lowest BCUT2D eigenvalue weighted by molar-refractivity contribution is 0.0686. The van der Waals surface area contributed by atoms with E-state index in [1.54, 1.807) is 7.05 Å². The molecule has 0 bridgehead atoms. The Kier molecular flexibility index (Phi) is 2.55. The van der Waals surface area contributed by atoms with Crippen LogP contribution in [0.1, 0.15) is 29.5 Å². The van der Waals surface area contributed by atoms with Gasteiger partial charge in [0, 0.05) is 7.05 Å². The number of aromatic nitrogens is 2. The average Bonchev–Trinajstić information content (AvgIpc) is 2.28. The molecule has 0 atom stereocenters. The van der Waals surface area contributed by atoms with Crippen LogP contribution in [0.4, 0.5) is 5.69 Å². The number of carboxylic acid groups (broad SMARTS) is 1. The second-order valence-electron chi connectivity index (χ2n) is 2.89. The third-order valence-electron chi connectivity index (χ3n) is 1.85. The van der Waals surface area contributed by atoms with Crippen LogP contribution in [-0.2, 0) is 13.5 Å². The van der Waals surface area contributed by atoms with Gasteiger partial charge < -0.3 is 10.8 Å². The molecule has 0 aliphatic heterocycles. The van der Waals surface area contributed by atoms with E-state index in [4.69, 9.17) is 10.8 Å². The van der Waals surface area contributed by atoms with Gasteiger partial charge in [0.05, 0.1) is 11.4 Å². The maximum Gasteiger partial charge on any atom is 0.356 e. The van der Waals surface area contributed by atoms with Crippen LogP contribution < -0.4 is 5.73 Å². The highest BCUT2D eigenvalue weighted by molar-refractivity contribution is 5.92. The van der Waals surface area contributed by atoms with Crippen LogP contribution in [0.25, 0.3) is 0 Å². The third-order valence-corrected chi connectivity index (χ3v) is 1.85. The molecular formula is C8H13N3O2. The molecule has 0 aliphatic carbocycles. The maximum absolute atomic E-state index is 10.7. The van der Waals surface area contributed by atoms with Gasteiger partial charge in [0.2, 0.25) is 0 Å². The summed E-state index contributed by atoms with van der Waals surface area (Å²) in [4.78, 5) is 10.7. The van der Waals surface area contributed by atoms with Gasteiger partial charge in [0.1, 0.15) is 0 Å². The van der Waals surface area contributed by atoms with Crippen LogP contribution >= 0.6 is 0 Å². The van der Waals surface area contributed by atoms with Gasteiger partial charge >= 0.3 is 5.97 Å². The molecule has 3 N–H and O–H groups in total. The number of hydrogen-bond acceptors (Lipinski definition) is 3. The summed E-state index contributed by atoms with van der Waals surface area (Å²) in [5, 5.41) is 12.8. The van der Waals surface area contributed by atoms with E-state index in [0.29, 0.717) is 12.1 Å². The predicted octanol–water partition coefficient (Wildman–Crippen LogP) is 0.653. The summed E-state index contributed by atoms with van der Waals surface area (Å²) in [6.07, 6.45) is 1.62. The Balaban J connectivity index is 3.14. The van der Waals surface area contributed by atoms with Crippen LogP contribution in [0.2, 0.25) is 0 Å². The first-order valence-electron chi connectivity index (χ1n) is 4.12. The second kappa shape index (κ2) is 3.47. The molecule has 1 heterocycles. The number of nitrogen functional groups attached to an aromatic ring is 1. The number of nitrogens with zero attached hydrogens (tertiary/aromatic N) is 2. The molecule has 0 aromatic carbocycles. The van der Waals surface area contributed by atoms with E-state index >= 15 is 0 Å². The van der Waals surface area contributed by atoms with E-state index in [-0.39, 0.29) is 11.4 Å². The zero-order valence-electron chi connectivity index (χ0n) is 7.74. The number of carbonyl (C=O) groups is 1. The Labute approximate surface area is 76.2 Å². The predicted molar refractivity (Wildman–Crippen MR) is 48.6 cm³/mol. The molecule has 0 saturated carbocycles. The van der Waals surface area contributed by atoms with Gasteiger partial charge in [-0.1, -0.05) is 13.3 Å². The fourth-order valence-electron chi connectivity index (χ4n) is 1.27. The summed E-state index contributed by atoms with van der Waals surface area (Å²) in [6, 6.07) is 0. The van der Waals surface area contributed by atoms with Gasteiger partial charge in [-0.3, -0.25) is 4.68 Å². The molecule has 0 fully saturated rings. The summed E-state index contributed by atoms with van der Waals surface area (Å²) < 4.78 is 1.31. The summed E-state index contributed by atoms with van der Waals surface area (Å²) >= 11 is 0. The number of nitrogens with two attached hydrogens (primary N) is 1. The topological polar surface area (TPSA) is 81.1 Å². The molecule has 5 nitrogen and oxygen atoms in total. The maximum atomic E-state index is 10.7. The van der Waals surface area contributed by atoms with Crippen LogP contribution in [0.3, 0.4) is 0 Å². The van der Waals surface area contributed by atoms with Crippen LogP contribution in [-0.4, -0.2) is 20.9 Å². The fourth-order valence-corrected chi connectivity index (χ4v) is 1.27. The van der Waals surface area contributed by atoms with E-state index in [2.05, 4.69) is 5.10 Å². The molecule has 0 radical (unpaired) electrons. The largest absolute Gasteiger partial charge is 0.476 e. The normalized spacial score (nSPS) is 10.3. The first-order valence-corrected chi connectivity index (χ1v) is 4.12. The lowest BCUT2D eigenvalue weighted by Gasteiger charge is -1.95. The van der Waals surface area contributed by atoms with Crippen molar-refractivity contribution < 1.29 is 9.90 Å². The van der Waals surface area contributed by atoms with E-state index < -0.39 is 5.97 Å². The van der Waals surface area contributed by atoms with E-state index in [1.165, 1.54) is 4.68 Å². The quantitative estimate of drug-likeness (QED) is 0.721. The monoisotopic (exact) mass is 183 g/mol. The number of anilines is 1. The summed E-state index contributed by atoms with van der Waals surface area (Å²) in [6.45, 7) is 1.99. The average molecular weight is 183 g/mol. The van der Waals surface area contributed by atoms with Gasteiger partial charge in [-0.2, -0.15) is 5.10 Å². The third kappa shape index (κ3) is 1.63. The summed E-state index contributed by atoms with van der Waals surface area (Å²) in [5.74, 6) is -1.03. The minimum absolute atomic E-state index is 0.0726. The van der Waals surface area contributed by atoms with E-state index in [9.17, 15) is 4.79 Å².